The predicted octanol–water partition coefficient (Wildman–Crippen LogP) is 2.51. The van der Waals surface area contributed by atoms with Crippen LogP contribution < -0.4 is 0 Å². The van der Waals surface area contributed by atoms with Gasteiger partial charge in [-0.15, -0.1) is 5.10 Å². The Labute approximate surface area is 152 Å². The van der Waals surface area contributed by atoms with Crippen molar-refractivity contribution in [1.82, 2.24) is 29.4 Å². The molecular weight excluding hydrogens is 361 g/mol. The van der Waals surface area contributed by atoms with Crippen LogP contribution in [0.1, 0.15) is 24.4 Å². The van der Waals surface area contributed by atoms with Gasteiger partial charge in [-0.3, -0.25) is 4.79 Å². The molecule has 0 N–H and O–H groups in total. The fourth-order valence-electron chi connectivity index (χ4n) is 3.41. The minimum atomic E-state index is -4.42. The summed E-state index contributed by atoms with van der Waals surface area (Å²) in [6, 6.07) is 3.31. The zero-order valence-corrected chi connectivity index (χ0v) is 14.3. The second kappa shape index (κ2) is 6.67. The zero-order valence-electron chi connectivity index (χ0n) is 14.3. The van der Waals surface area contributed by atoms with Crippen LogP contribution in [0.25, 0.3) is 11.0 Å². The number of carbonyl (C=O) groups is 1. The van der Waals surface area contributed by atoms with Gasteiger partial charge in [0.15, 0.2) is 0 Å². The van der Waals surface area contributed by atoms with Crippen molar-refractivity contribution in [2.45, 2.75) is 31.6 Å². The van der Waals surface area contributed by atoms with Crippen molar-refractivity contribution in [3.05, 3.63) is 42.5 Å². The van der Waals surface area contributed by atoms with Gasteiger partial charge in [-0.1, -0.05) is 5.21 Å². The Balaban J connectivity index is 1.53. The van der Waals surface area contributed by atoms with Gasteiger partial charge in [0.2, 0.25) is 5.91 Å². The van der Waals surface area contributed by atoms with E-state index in [2.05, 4.69) is 15.3 Å². The number of alkyl halides is 3. The third-order valence-electron chi connectivity index (χ3n) is 4.77. The molecule has 1 aromatic carbocycles. The molecule has 2 aromatic heterocycles. The van der Waals surface area contributed by atoms with Crippen molar-refractivity contribution in [3.8, 4) is 0 Å². The Morgan fingerprint density at radius 1 is 1.30 bits per heavy atom. The summed E-state index contributed by atoms with van der Waals surface area (Å²) in [4.78, 5) is 18.2. The molecule has 142 valence electrons. The molecule has 1 aliphatic heterocycles. The summed E-state index contributed by atoms with van der Waals surface area (Å²) in [6.45, 7) is 1.31. The quantitative estimate of drug-likeness (QED) is 0.702. The first-order valence-corrected chi connectivity index (χ1v) is 8.57. The summed E-state index contributed by atoms with van der Waals surface area (Å²) >= 11 is 0. The van der Waals surface area contributed by atoms with Crippen LogP contribution >= 0.6 is 0 Å². The minimum absolute atomic E-state index is 0.0264. The van der Waals surface area contributed by atoms with Crippen LogP contribution in [0.3, 0.4) is 0 Å². The van der Waals surface area contributed by atoms with Crippen molar-refractivity contribution < 1.29 is 18.0 Å². The molecule has 1 aliphatic rings. The summed E-state index contributed by atoms with van der Waals surface area (Å²) in [5, 5.41) is 7.95. The van der Waals surface area contributed by atoms with Gasteiger partial charge in [0, 0.05) is 25.5 Å². The number of hydrogen-bond acceptors (Lipinski definition) is 4. The Kier molecular flexibility index (Phi) is 4.33. The van der Waals surface area contributed by atoms with E-state index >= 15 is 0 Å². The highest BCUT2D eigenvalue weighted by atomic mass is 19.4. The topological polar surface area (TPSA) is 68.8 Å². The van der Waals surface area contributed by atoms with Gasteiger partial charge in [0.1, 0.15) is 12.1 Å². The van der Waals surface area contributed by atoms with E-state index in [4.69, 9.17) is 0 Å². The first-order valence-electron chi connectivity index (χ1n) is 8.57. The number of fused-ring (bicyclic) bond motifs is 1. The molecule has 0 spiro atoms. The fraction of sp³-hybridized carbons (Fsp3) is 0.412. The van der Waals surface area contributed by atoms with Crippen LogP contribution in [-0.4, -0.2) is 48.4 Å². The van der Waals surface area contributed by atoms with E-state index in [9.17, 15) is 18.0 Å². The zero-order chi connectivity index (χ0) is 19.0. The summed E-state index contributed by atoms with van der Waals surface area (Å²) in [7, 11) is 0. The number of benzene rings is 1. The number of aromatic nitrogens is 5. The lowest BCUT2D eigenvalue weighted by atomic mass is 10.1. The highest BCUT2D eigenvalue weighted by Gasteiger charge is 2.32. The minimum Gasteiger partial charge on any atom is -0.339 e. The molecule has 1 atom stereocenters. The van der Waals surface area contributed by atoms with Gasteiger partial charge < -0.3 is 9.47 Å². The highest BCUT2D eigenvalue weighted by molar-refractivity contribution is 5.77. The molecule has 1 unspecified atom stereocenters. The first-order chi connectivity index (χ1) is 12.9. The molecule has 0 saturated carbocycles. The lowest BCUT2D eigenvalue weighted by Crippen LogP contribution is -2.42. The fourth-order valence-corrected chi connectivity index (χ4v) is 3.41. The largest absolute Gasteiger partial charge is 0.416 e. The van der Waals surface area contributed by atoms with Crippen LogP contribution in [0.4, 0.5) is 13.2 Å². The number of hydrogen-bond donors (Lipinski definition) is 0. The molecule has 10 heteroatoms. The second-order valence-electron chi connectivity index (χ2n) is 6.61. The van der Waals surface area contributed by atoms with Gasteiger partial charge in [0.05, 0.1) is 23.4 Å². The predicted molar refractivity (Wildman–Crippen MR) is 89.6 cm³/mol. The van der Waals surface area contributed by atoms with E-state index in [0.29, 0.717) is 18.6 Å². The molecule has 0 radical (unpaired) electrons. The number of amides is 1. The lowest BCUT2D eigenvalue weighted by molar-refractivity contribution is -0.137. The second-order valence-corrected chi connectivity index (χ2v) is 6.61. The maximum atomic E-state index is 12.9. The Hall–Kier alpha value is -2.91. The van der Waals surface area contributed by atoms with Crippen LogP contribution in [0.5, 0.6) is 0 Å². The molecule has 1 fully saturated rings. The van der Waals surface area contributed by atoms with E-state index in [1.807, 2.05) is 0 Å². The molecule has 3 heterocycles. The SMILES string of the molecule is O=C(Cn1ccnc1)N1CCCC(n2nnc3cc(C(F)(F)F)ccc32)C1. The van der Waals surface area contributed by atoms with Crippen LogP contribution in [0.15, 0.2) is 36.9 Å². The van der Waals surface area contributed by atoms with Crippen molar-refractivity contribution in [1.29, 1.82) is 0 Å². The van der Waals surface area contributed by atoms with Gasteiger partial charge in [-0.2, -0.15) is 13.2 Å². The number of nitrogens with zero attached hydrogens (tertiary/aromatic N) is 6. The number of imidazole rings is 1. The van der Waals surface area contributed by atoms with Crippen LogP contribution in [0, 0.1) is 0 Å². The lowest BCUT2D eigenvalue weighted by Gasteiger charge is -2.33. The first kappa shape index (κ1) is 17.5. The highest BCUT2D eigenvalue weighted by Crippen LogP contribution is 2.32. The van der Waals surface area contributed by atoms with Gasteiger partial charge >= 0.3 is 6.18 Å². The van der Waals surface area contributed by atoms with Gasteiger partial charge in [0.25, 0.3) is 0 Å². The van der Waals surface area contributed by atoms with Crippen molar-refractivity contribution in [3.63, 3.8) is 0 Å². The van der Waals surface area contributed by atoms with Crippen molar-refractivity contribution in [2.75, 3.05) is 13.1 Å². The molecule has 0 aliphatic carbocycles. The Morgan fingerprint density at radius 3 is 2.89 bits per heavy atom. The standard InChI is InChI=1S/C17H17F3N6O/c18-17(19,20)12-3-4-15-14(8-12)22-23-26(15)13-2-1-6-25(9-13)16(27)10-24-7-5-21-11-24/h3-5,7-8,11,13H,1-2,6,9-10H2. The maximum Gasteiger partial charge on any atom is 0.416 e. The maximum absolute atomic E-state index is 12.9. The normalized spacial score (nSPS) is 18.2. The molecular formula is C17H17F3N6O. The van der Waals surface area contributed by atoms with E-state index in [1.165, 1.54) is 6.07 Å². The number of carbonyl (C=O) groups excluding carboxylic acids is 1. The average molecular weight is 378 g/mol. The molecule has 4 rings (SSSR count). The van der Waals surface area contributed by atoms with E-state index in [1.54, 1.807) is 32.9 Å². The van der Waals surface area contributed by atoms with Crippen LogP contribution in [0.2, 0.25) is 0 Å². The summed E-state index contributed by atoms with van der Waals surface area (Å²) < 4.78 is 41.9. The number of piperidine rings is 1. The molecule has 3 aromatic rings. The van der Waals surface area contributed by atoms with E-state index in [0.717, 1.165) is 25.0 Å². The number of halogens is 3. The van der Waals surface area contributed by atoms with Gasteiger partial charge in [-0.05, 0) is 31.0 Å². The monoisotopic (exact) mass is 378 g/mol. The summed E-state index contributed by atoms with van der Waals surface area (Å²) in [6.07, 6.45) is 2.09. The summed E-state index contributed by atoms with van der Waals surface area (Å²) in [5.74, 6) is -0.0264. The summed E-state index contributed by atoms with van der Waals surface area (Å²) in [5.41, 5.74) is -0.00794. The molecule has 1 saturated heterocycles. The third-order valence-corrected chi connectivity index (χ3v) is 4.77. The van der Waals surface area contributed by atoms with Crippen molar-refractivity contribution in [2.24, 2.45) is 0 Å². The van der Waals surface area contributed by atoms with Crippen molar-refractivity contribution >= 4 is 16.9 Å². The molecule has 1 amide bonds. The number of rotatable bonds is 3. The van der Waals surface area contributed by atoms with E-state index in [-0.39, 0.29) is 24.0 Å². The van der Waals surface area contributed by atoms with E-state index < -0.39 is 11.7 Å². The number of likely N-dealkylation sites (tertiary alicyclic amines) is 1. The molecule has 0 bridgehead atoms. The molecule has 7 nitrogen and oxygen atoms in total. The third kappa shape index (κ3) is 3.51. The van der Waals surface area contributed by atoms with Gasteiger partial charge in [-0.25, -0.2) is 9.67 Å². The smallest absolute Gasteiger partial charge is 0.339 e. The Morgan fingerprint density at radius 2 is 2.15 bits per heavy atom. The Bertz CT molecular complexity index is 949. The molecule has 27 heavy (non-hydrogen) atoms. The van der Waals surface area contributed by atoms with Crippen LogP contribution in [-0.2, 0) is 17.5 Å². The average Bonchev–Trinajstić information content (AvgIpc) is 3.30.